The van der Waals surface area contributed by atoms with Crippen LogP contribution in [0.1, 0.15) is 34.6 Å². The maximum atomic E-state index is 5.78. The number of aromatic amines is 2. The molecular weight excluding hydrogens is 747 g/mol. The highest BCUT2D eigenvalue weighted by atomic mass is 16.5. The summed E-state index contributed by atoms with van der Waals surface area (Å²) in [5.74, 6) is 3.48. The lowest BCUT2D eigenvalue weighted by molar-refractivity contribution is 0.404. The minimum atomic E-state index is 0.151. The zero-order chi connectivity index (χ0) is 40.9. The van der Waals surface area contributed by atoms with Crippen molar-refractivity contribution in [2.24, 2.45) is 0 Å². The number of hydrogen-bond donors (Lipinski definition) is 2. The second kappa shape index (κ2) is 15.3. The fraction of sp³-hybridized carbons (Fsp3) is 0.176. The fourth-order valence-corrected chi connectivity index (χ4v) is 9.14. The molecule has 8 bridgehead atoms. The summed E-state index contributed by atoms with van der Waals surface area (Å²) < 4.78 is 22.4. The van der Waals surface area contributed by atoms with Gasteiger partial charge in [0.05, 0.1) is 51.2 Å². The van der Waals surface area contributed by atoms with Crippen molar-refractivity contribution >= 4 is 34.2 Å². The molecule has 60 heavy (non-hydrogen) atoms. The molecule has 298 valence electrons. The van der Waals surface area contributed by atoms with Gasteiger partial charge in [-0.15, -0.1) is 0 Å². The van der Waals surface area contributed by atoms with Gasteiger partial charge in [0.1, 0.15) is 23.0 Å². The molecule has 1 fully saturated rings. The minimum Gasteiger partial charge on any atom is -0.497 e. The quantitative estimate of drug-likeness (QED) is 0.158. The molecule has 6 heterocycles. The van der Waals surface area contributed by atoms with E-state index < -0.39 is 0 Å². The van der Waals surface area contributed by atoms with Gasteiger partial charge in [0.25, 0.3) is 0 Å². The van der Waals surface area contributed by atoms with E-state index in [2.05, 4.69) is 107 Å². The summed E-state index contributed by atoms with van der Waals surface area (Å²) in [5.41, 5.74) is 15.9. The van der Waals surface area contributed by atoms with Crippen LogP contribution >= 0.6 is 0 Å². The van der Waals surface area contributed by atoms with Gasteiger partial charge in [-0.25, -0.2) is 4.98 Å². The third-order valence-electron chi connectivity index (χ3n) is 12.1. The number of methoxy groups -OCH3 is 4. The Morgan fingerprint density at radius 1 is 0.417 bits per heavy atom. The average Bonchev–Trinajstić information content (AvgIpc) is 4.15. The lowest BCUT2D eigenvalue weighted by atomic mass is 9.87. The summed E-state index contributed by atoms with van der Waals surface area (Å²) in [6.45, 7) is 1.76. The second-order valence-corrected chi connectivity index (χ2v) is 15.5. The monoisotopic (exact) mass is 791 g/mol. The number of ether oxygens (including phenoxy) is 4. The van der Waals surface area contributed by atoms with Crippen molar-refractivity contribution < 1.29 is 18.9 Å². The van der Waals surface area contributed by atoms with Crippen molar-refractivity contribution in [3.05, 3.63) is 144 Å². The van der Waals surface area contributed by atoms with Crippen LogP contribution in [0.5, 0.6) is 23.0 Å². The fourth-order valence-electron chi connectivity index (χ4n) is 9.14. The number of likely N-dealkylation sites (tertiary alicyclic amines) is 1. The first-order valence-electron chi connectivity index (χ1n) is 20.2. The standard InChI is InChI=1S/C51H45N5O4/c1-56-28-38-39(29-56)51-49(33-12-20-37(60-5)21-13-33)45-27-25-43(54-45)47(31-8-16-35(58-3)17-9-31)41-23-22-40(52-41)46(30-6-14-34(57-2)15-7-30)42-24-26-44(53-42)48(50(38)55-51)32-10-18-36(59-4)19-11-32/h6-27,38-39,53-54H,28-29H2,1-5H3. The van der Waals surface area contributed by atoms with Crippen LogP contribution in [0.3, 0.4) is 0 Å². The molecule has 9 nitrogen and oxygen atoms in total. The molecule has 9 heteroatoms. The summed E-state index contributed by atoms with van der Waals surface area (Å²) in [7, 11) is 9.00. The molecule has 2 unspecified atom stereocenters. The maximum Gasteiger partial charge on any atom is 0.118 e. The highest BCUT2D eigenvalue weighted by Gasteiger charge is 2.42. The number of H-pyrrole nitrogens is 2. The maximum absolute atomic E-state index is 5.78. The van der Waals surface area contributed by atoms with Crippen molar-refractivity contribution in [2.45, 2.75) is 11.8 Å². The molecule has 3 aliphatic heterocycles. The van der Waals surface area contributed by atoms with Crippen LogP contribution in [0.2, 0.25) is 0 Å². The molecule has 2 N–H and O–H groups in total. The molecule has 0 saturated carbocycles. The van der Waals surface area contributed by atoms with Gasteiger partial charge in [0.15, 0.2) is 0 Å². The van der Waals surface area contributed by atoms with Crippen LogP contribution in [-0.2, 0) is 0 Å². The molecule has 10 rings (SSSR count). The SMILES string of the molecule is COc1ccc(-c2c3nc(c(-c4ccc(OC)cc4)c4ccc([nH]4)c(-c4ccc(OC)cc4)c4nc(c(-c5ccc(OC)cc5)c5ccc2[nH]5)C2CN(C)CC42)C=C3)cc1. The Labute approximate surface area is 348 Å². The molecule has 0 spiro atoms. The third-order valence-corrected chi connectivity index (χ3v) is 12.1. The lowest BCUT2D eigenvalue weighted by Gasteiger charge is -2.14. The third kappa shape index (κ3) is 6.48. The van der Waals surface area contributed by atoms with Crippen LogP contribution in [0, 0.1) is 0 Å². The van der Waals surface area contributed by atoms with E-state index in [9.17, 15) is 0 Å². The molecule has 2 atom stereocenters. The number of aromatic nitrogens is 4. The van der Waals surface area contributed by atoms with E-state index in [0.717, 1.165) is 125 Å². The summed E-state index contributed by atoms with van der Waals surface area (Å²) in [6, 6.07) is 41.8. The number of benzene rings is 4. The van der Waals surface area contributed by atoms with E-state index in [-0.39, 0.29) is 11.8 Å². The number of nitrogens with zero attached hydrogens (tertiary/aromatic N) is 3. The van der Waals surface area contributed by atoms with Crippen molar-refractivity contribution in [3.8, 4) is 67.5 Å². The lowest BCUT2D eigenvalue weighted by Crippen LogP contribution is -2.15. The van der Waals surface area contributed by atoms with E-state index in [0.29, 0.717) is 0 Å². The summed E-state index contributed by atoms with van der Waals surface area (Å²) in [6.07, 6.45) is 4.23. The number of nitrogens with one attached hydrogen (secondary N) is 2. The molecule has 3 aliphatic rings. The molecule has 0 aliphatic carbocycles. The Hall–Kier alpha value is -7.10. The van der Waals surface area contributed by atoms with E-state index in [1.165, 1.54) is 0 Å². The first kappa shape index (κ1) is 37.2. The van der Waals surface area contributed by atoms with Crippen molar-refractivity contribution in [3.63, 3.8) is 0 Å². The van der Waals surface area contributed by atoms with Gasteiger partial charge in [-0.3, -0.25) is 4.98 Å². The normalized spacial score (nSPS) is 15.8. The molecule has 3 aromatic heterocycles. The van der Waals surface area contributed by atoms with Gasteiger partial charge in [-0.1, -0.05) is 48.5 Å². The van der Waals surface area contributed by atoms with Gasteiger partial charge in [0, 0.05) is 69.2 Å². The smallest absolute Gasteiger partial charge is 0.118 e. The van der Waals surface area contributed by atoms with E-state index >= 15 is 0 Å². The predicted molar refractivity (Wildman–Crippen MR) is 241 cm³/mol. The second-order valence-electron chi connectivity index (χ2n) is 15.5. The van der Waals surface area contributed by atoms with Crippen molar-refractivity contribution in [2.75, 3.05) is 48.6 Å². The zero-order valence-electron chi connectivity index (χ0n) is 34.2. The van der Waals surface area contributed by atoms with Crippen LogP contribution in [0.25, 0.3) is 78.7 Å². The molecule has 7 aromatic rings. The Bertz CT molecular complexity index is 2730. The number of fused-ring (bicyclic) bond motifs is 11. The Morgan fingerprint density at radius 2 is 0.717 bits per heavy atom. The summed E-state index contributed by atoms with van der Waals surface area (Å²) in [4.78, 5) is 21.5. The van der Waals surface area contributed by atoms with Crippen LogP contribution in [-0.4, -0.2) is 73.4 Å². The van der Waals surface area contributed by atoms with E-state index in [1.807, 2.05) is 48.5 Å². The van der Waals surface area contributed by atoms with Crippen LogP contribution < -0.4 is 18.9 Å². The molecule has 0 radical (unpaired) electrons. The van der Waals surface area contributed by atoms with E-state index in [1.54, 1.807) is 28.4 Å². The van der Waals surface area contributed by atoms with Gasteiger partial charge >= 0.3 is 0 Å². The number of likely N-dealkylation sites (N-methyl/N-ethyl adjacent to an activating group) is 1. The average molecular weight is 792 g/mol. The highest BCUT2D eigenvalue weighted by molar-refractivity contribution is 5.97. The van der Waals surface area contributed by atoms with Gasteiger partial charge in [-0.05, 0) is 114 Å². The molecule has 4 aromatic carbocycles. The molecule has 0 amide bonds. The summed E-state index contributed by atoms with van der Waals surface area (Å²) in [5, 5.41) is 0. The summed E-state index contributed by atoms with van der Waals surface area (Å²) >= 11 is 0. The Kier molecular flexibility index (Phi) is 9.45. The number of rotatable bonds is 8. The molecular formula is C51H45N5O4. The van der Waals surface area contributed by atoms with E-state index in [4.69, 9.17) is 28.9 Å². The Balaban J connectivity index is 1.39. The van der Waals surface area contributed by atoms with Crippen molar-refractivity contribution in [1.29, 1.82) is 0 Å². The Morgan fingerprint density at radius 3 is 1.03 bits per heavy atom. The largest absolute Gasteiger partial charge is 0.497 e. The first-order chi connectivity index (χ1) is 29.4. The van der Waals surface area contributed by atoms with Gasteiger partial charge in [0.2, 0.25) is 0 Å². The zero-order valence-corrected chi connectivity index (χ0v) is 34.2. The number of hydrogen-bond acceptors (Lipinski definition) is 7. The first-order valence-corrected chi connectivity index (χ1v) is 20.2. The van der Waals surface area contributed by atoms with Crippen LogP contribution in [0.15, 0.2) is 121 Å². The predicted octanol–water partition coefficient (Wildman–Crippen LogP) is 11.0. The van der Waals surface area contributed by atoms with Crippen molar-refractivity contribution in [1.82, 2.24) is 24.8 Å². The van der Waals surface area contributed by atoms with Gasteiger partial charge in [-0.2, -0.15) is 0 Å². The van der Waals surface area contributed by atoms with Gasteiger partial charge < -0.3 is 33.8 Å². The molecule has 1 saturated heterocycles. The minimum absolute atomic E-state index is 0.151. The van der Waals surface area contributed by atoms with Crippen LogP contribution in [0.4, 0.5) is 0 Å². The topological polar surface area (TPSA) is 97.5 Å². The highest BCUT2D eigenvalue weighted by Crippen LogP contribution is 2.49.